The number of fused-ring (bicyclic) bond motifs is 1. The van der Waals surface area contributed by atoms with Crippen LogP contribution in [0.15, 0.2) is 71.8 Å². The van der Waals surface area contributed by atoms with Gasteiger partial charge in [-0.3, -0.25) is 4.57 Å². The van der Waals surface area contributed by atoms with Crippen molar-refractivity contribution in [2.45, 2.75) is 36.6 Å². The molecule has 0 spiro atoms. The normalized spacial score (nSPS) is 21.6. The Hall–Kier alpha value is -3.98. The topological polar surface area (TPSA) is 168 Å². The van der Waals surface area contributed by atoms with E-state index in [9.17, 15) is 15.0 Å². The van der Waals surface area contributed by atoms with Crippen LogP contribution < -0.4 is 5.73 Å². The first-order valence-electron chi connectivity index (χ1n) is 13.2. The third kappa shape index (κ3) is 5.46. The molecule has 0 aliphatic carbocycles. The zero-order chi connectivity index (χ0) is 30.1. The van der Waals surface area contributed by atoms with E-state index >= 15 is 0 Å². The van der Waals surface area contributed by atoms with Crippen LogP contribution in [0.5, 0.6) is 0 Å². The highest BCUT2D eigenvalue weighted by Gasteiger charge is 2.49. The summed E-state index contributed by atoms with van der Waals surface area (Å²) in [5, 5.41) is 23.5. The number of esters is 1. The minimum Gasteiger partial charge on any atom is -0.467 e. The molecule has 5 aromatic rings. The summed E-state index contributed by atoms with van der Waals surface area (Å²) >= 11 is 7.29. The zero-order valence-corrected chi connectivity index (χ0v) is 24.4. The van der Waals surface area contributed by atoms with E-state index in [1.54, 1.807) is 10.9 Å². The fraction of sp³-hybridized carbons (Fsp3) is 0.276. The van der Waals surface area contributed by atoms with Gasteiger partial charge >= 0.3 is 5.97 Å². The van der Waals surface area contributed by atoms with Gasteiger partial charge in [-0.1, -0.05) is 54.6 Å². The predicted octanol–water partition coefficient (Wildman–Crippen LogP) is 3.13. The van der Waals surface area contributed by atoms with Gasteiger partial charge in [0, 0.05) is 11.8 Å². The summed E-state index contributed by atoms with van der Waals surface area (Å²) in [4.78, 5) is 30.1. The van der Waals surface area contributed by atoms with E-state index in [4.69, 9.17) is 31.5 Å². The molecule has 222 valence electrons. The summed E-state index contributed by atoms with van der Waals surface area (Å²) in [5.41, 5.74) is 9.56. The van der Waals surface area contributed by atoms with E-state index in [-0.39, 0.29) is 35.3 Å². The number of imidazole rings is 1. The molecule has 0 saturated carbocycles. The van der Waals surface area contributed by atoms with E-state index < -0.39 is 36.1 Å². The van der Waals surface area contributed by atoms with Crippen molar-refractivity contribution in [2.24, 2.45) is 0 Å². The highest BCUT2D eigenvalue weighted by molar-refractivity contribution is 7.07. The van der Waals surface area contributed by atoms with Crippen molar-refractivity contribution in [3.8, 4) is 11.1 Å². The van der Waals surface area contributed by atoms with E-state index in [0.717, 1.165) is 16.7 Å². The summed E-state index contributed by atoms with van der Waals surface area (Å²) < 4.78 is 19.0. The van der Waals surface area contributed by atoms with Gasteiger partial charge in [0.25, 0.3) is 0 Å². The number of nitrogen functional groups attached to an aromatic ring is 1. The molecule has 43 heavy (non-hydrogen) atoms. The molecule has 1 fully saturated rings. The van der Waals surface area contributed by atoms with Crippen LogP contribution in [0, 0.1) is 0 Å². The molecule has 12 nitrogen and oxygen atoms in total. The molecule has 0 radical (unpaired) electrons. The molecule has 4 N–H and O–H groups in total. The second-order valence-electron chi connectivity index (χ2n) is 9.99. The van der Waals surface area contributed by atoms with Gasteiger partial charge in [-0.15, -0.1) is 11.3 Å². The Morgan fingerprint density at radius 1 is 1.09 bits per heavy atom. The van der Waals surface area contributed by atoms with Crippen LogP contribution >= 0.6 is 22.9 Å². The first-order valence-corrected chi connectivity index (χ1v) is 14.6. The second kappa shape index (κ2) is 12.0. The molecule has 1 saturated heterocycles. The Morgan fingerprint density at radius 2 is 1.84 bits per heavy atom. The number of nitrogens with two attached hydrogens (primary N) is 1. The first-order chi connectivity index (χ1) is 20.8. The van der Waals surface area contributed by atoms with E-state index in [1.165, 1.54) is 29.3 Å². The number of thiazole rings is 1. The van der Waals surface area contributed by atoms with Gasteiger partial charge < -0.3 is 30.2 Å². The SMILES string of the molecule is COC(=O)C(Cc1ccc(-c2ccccc2)cc1)(OC[C@H]1O[C@@H](n2cnc3c(N)nc(Cl)nc32)[C@H](O)[C@@H]1O)c1cscn1. The van der Waals surface area contributed by atoms with Crippen molar-refractivity contribution in [3.63, 3.8) is 0 Å². The summed E-state index contributed by atoms with van der Waals surface area (Å²) in [7, 11) is 1.27. The standard InChI is InChI=1S/C29H27ClN6O6S/c1-40-27(39)29(20-13-43-15-33-20,11-16-7-9-18(10-8-16)17-5-3-2-4-6-17)41-12-19-22(37)23(38)26(42-19)36-14-32-21-24(31)34-28(30)35-25(21)36/h2-10,13-15,19,22-23,26,37-38H,11-12H2,1H3,(H2,31,34,35)/t19-,22-,23-,26-,29?/m1/s1. The fourth-order valence-corrected chi connectivity index (χ4v) is 5.97. The van der Waals surface area contributed by atoms with Crippen LogP contribution in [0.2, 0.25) is 5.28 Å². The van der Waals surface area contributed by atoms with Crippen molar-refractivity contribution in [1.82, 2.24) is 24.5 Å². The number of anilines is 1. The molecule has 1 unspecified atom stereocenters. The van der Waals surface area contributed by atoms with E-state index in [0.29, 0.717) is 5.69 Å². The van der Waals surface area contributed by atoms with Gasteiger partial charge in [0.15, 0.2) is 17.7 Å². The molecule has 0 bridgehead atoms. The van der Waals surface area contributed by atoms with Crippen molar-refractivity contribution < 1.29 is 29.2 Å². The zero-order valence-electron chi connectivity index (χ0n) is 22.8. The molecule has 1 aliphatic heterocycles. The number of ether oxygens (including phenoxy) is 3. The molecular formula is C29H27ClN6O6S. The van der Waals surface area contributed by atoms with Crippen molar-refractivity contribution in [1.29, 1.82) is 0 Å². The quantitative estimate of drug-likeness (QED) is 0.163. The average Bonchev–Trinajstić information content (AvgIpc) is 3.77. The number of benzene rings is 2. The van der Waals surface area contributed by atoms with Crippen LogP contribution in [0.1, 0.15) is 17.5 Å². The molecule has 14 heteroatoms. The molecule has 5 atom stereocenters. The smallest absolute Gasteiger partial charge is 0.344 e. The number of carbonyl (C=O) groups excluding carboxylic acids is 1. The molecule has 3 aromatic heterocycles. The highest BCUT2D eigenvalue weighted by atomic mass is 35.5. The maximum absolute atomic E-state index is 13.5. The van der Waals surface area contributed by atoms with Gasteiger partial charge in [-0.2, -0.15) is 9.97 Å². The lowest BCUT2D eigenvalue weighted by molar-refractivity contribution is -0.180. The van der Waals surface area contributed by atoms with Gasteiger partial charge in [0.05, 0.1) is 31.2 Å². The van der Waals surface area contributed by atoms with Crippen molar-refractivity contribution >= 4 is 45.9 Å². The number of aromatic nitrogens is 5. The van der Waals surface area contributed by atoms with Gasteiger partial charge in [0.2, 0.25) is 10.9 Å². The van der Waals surface area contributed by atoms with Crippen molar-refractivity contribution in [3.05, 3.63) is 88.4 Å². The number of hydrogen-bond donors (Lipinski definition) is 3. The Bertz CT molecular complexity index is 1720. The monoisotopic (exact) mass is 622 g/mol. The van der Waals surface area contributed by atoms with E-state index in [2.05, 4.69) is 19.9 Å². The third-order valence-corrected chi connectivity index (χ3v) is 8.16. The lowest BCUT2D eigenvalue weighted by Gasteiger charge is -2.31. The minimum atomic E-state index is -1.66. The predicted molar refractivity (Wildman–Crippen MR) is 158 cm³/mol. The lowest BCUT2D eigenvalue weighted by Crippen LogP contribution is -2.45. The molecule has 6 rings (SSSR count). The molecule has 4 heterocycles. The molecule has 1 aliphatic rings. The maximum Gasteiger partial charge on any atom is 0.344 e. The third-order valence-electron chi connectivity index (χ3n) is 7.40. The van der Waals surface area contributed by atoms with Gasteiger partial charge in [-0.05, 0) is 28.3 Å². The maximum atomic E-state index is 13.5. The number of rotatable bonds is 9. The second-order valence-corrected chi connectivity index (χ2v) is 11.0. The van der Waals surface area contributed by atoms with E-state index in [1.807, 2.05) is 54.6 Å². The minimum absolute atomic E-state index is 0.0598. The average molecular weight is 623 g/mol. The number of hydrogen-bond acceptors (Lipinski definition) is 12. The number of aliphatic hydroxyl groups is 2. The lowest BCUT2D eigenvalue weighted by atomic mass is 9.90. The van der Waals surface area contributed by atoms with Gasteiger partial charge in [-0.25, -0.2) is 14.8 Å². The Balaban J connectivity index is 1.27. The first kappa shape index (κ1) is 29.1. The summed E-state index contributed by atoms with van der Waals surface area (Å²) in [5.74, 6) is -0.609. The van der Waals surface area contributed by atoms with Crippen LogP contribution in [0.3, 0.4) is 0 Å². The van der Waals surface area contributed by atoms with Crippen LogP contribution in [-0.2, 0) is 31.0 Å². The van der Waals surface area contributed by atoms with Crippen LogP contribution in [0.25, 0.3) is 22.3 Å². The number of methoxy groups -OCH3 is 1. The molecular weight excluding hydrogens is 596 g/mol. The highest BCUT2D eigenvalue weighted by Crippen LogP contribution is 2.37. The number of carbonyl (C=O) groups is 1. The Kier molecular flexibility index (Phi) is 8.09. The van der Waals surface area contributed by atoms with Crippen LogP contribution in [0.4, 0.5) is 5.82 Å². The number of aliphatic hydroxyl groups excluding tert-OH is 2. The number of nitrogens with zero attached hydrogens (tertiary/aromatic N) is 5. The Morgan fingerprint density at radius 3 is 2.53 bits per heavy atom. The summed E-state index contributed by atoms with van der Waals surface area (Å²) in [6, 6.07) is 17.7. The summed E-state index contributed by atoms with van der Waals surface area (Å²) in [6.07, 6.45) is -3.46. The van der Waals surface area contributed by atoms with Crippen LogP contribution in [-0.4, -0.2) is 72.7 Å². The fourth-order valence-electron chi connectivity index (χ4n) is 5.18. The number of halogens is 1. The Labute approximate surface area is 254 Å². The van der Waals surface area contributed by atoms with Crippen molar-refractivity contribution in [2.75, 3.05) is 19.5 Å². The molecule has 0 amide bonds. The molecule has 2 aromatic carbocycles. The van der Waals surface area contributed by atoms with Gasteiger partial charge in [0.1, 0.15) is 23.8 Å². The summed E-state index contributed by atoms with van der Waals surface area (Å²) in [6.45, 7) is -0.284. The largest absolute Gasteiger partial charge is 0.467 e.